The fourth-order valence-corrected chi connectivity index (χ4v) is 3.37. The Morgan fingerprint density at radius 1 is 1.22 bits per heavy atom. The molecule has 2 amide bonds. The van der Waals surface area contributed by atoms with Gasteiger partial charge in [0.1, 0.15) is 0 Å². The standard InChI is InChI=1S/C20H26N4O3/c1-14(2)13-24-20(27)16-8-4-3-7-15(16)18(22-24)19(26)21-10-6-12-23-11-5-9-17(23)25/h3-4,7-8,14H,5-6,9-13H2,1-2H3,(H,21,26). The fourth-order valence-electron chi connectivity index (χ4n) is 3.37. The third-order valence-electron chi connectivity index (χ3n) is 4.68. The second-order valence-electron chi connectivity index (χ2n) is 7.37. The first kappa shape index (κ1) is 19.1. The summed E-state index contributed by atoms with van der Waals surface area (Å²) < 4.78 is 1.38. The zero-order valence-corrected chi connectivity index (χ0v) is 15.9. The molecule has 1 aliphatic rings. The van der Waals surface area contributed by atoms with Gasteiger partial charge in [-0.3, -0.25) is 14.4 Å². The molecule has 0 spiro atoms. The van der Waals surface area contributed by atoms with Crippen molar-refractivity contribution in [3.8, 4) is 0 Å². The highest BCUT2D eigenvalue weighted by Crippen LogP contribution is 2.14. The van der Waals surface area contributed by atoms with Crippen molar-refractivity contribution in [3.63, 3.8) is 0 Å². The molecule has 1 N–H and O–H groups in total. The fraction of sp³-hybridized carbons (Fsp3) is 0.500. The first-order valence-corrected chi connectivity index (χ1v) is 9.53. The number of hydrogen-bond donors (Lipinski definition) is 1. The average molecular weight is 370 g/mol. The minimum Gasteiger partial charge on any atom is -0.351 e. The Labute approximate surface area is 158 Å². The second-order valence-corrected chi connectivity index (χ2v) is 7.37. The van der Waals surface area contributed by atoms with Gasteiger partial charge >= 0.3 is 0 Å². The number of carbonyl (C=O) groups is 2. The molecule has 3 rings (SSSR count). The Kier molecular flexibility index (Phi) is 5.88. The van der Waals surface area contributed by atoms with Gasteiger partial charge in [0.15, 0.2) is 5.69 Å². The highest BCUT2D eigenvalue weighted by Gasteiger charge is 2.20. The summed E-state index contributed by atoms with van der Waals surface area (Å²) in [7, 11) is 0. The van der Waals surface area contributed by atoms with Crippen LogP contribution in [-0.4, -0.2) is 46.1 Å². The van der Waals surface area contributed by atoms with Crippen molar-refractivity contribution in [1.29, 1.82) is 0 Å². The van der Waals surface area contributed by atoms with E-state index in [-0.39, 0.29) is 29.0 Å². The maximum Gasteiger partial charge on any atom is 0.274 e. The smallest absolute Gasteiger partial charge is 0.274 e. The predicted molar refractivity (Wildman–Crippen MR) is 104 cm³/mol. The SMILES string of the molecule is CC(C)Cn1nc(C(=O)NCCCN2CCCC2=O)c2ccccc2c1=O. The van der Waals surface area contributed by atoms with Crippen molar-refractivity contribution in [1.82, 2.24) is 20.0 Å². The van der Waals surface area contributed by atoms with Crippen molar-refractivity contribution in [2.45, 2.75) is 39.7 Å². The lowest BCUT2D eigenvalue weighted by molar-refractivity contribution is -0.127. The molecule has 0 aliphatic carbocycles. The van der Waals surface area contributed by atoms with Gasteiger partial charge < -0.3 is 10.2 Å². The van der Waals surface area contributed by atoms with E-state index < -0.39 is 0 Å². The number of fused-ring (bicyclic) bond motifs is 1. The summed E-state index contributed by atoms with van der Waals surface area (Å²) in [6.07, 6.45) is 2.24. The van der Waals surface area contributed by atoms with E-state index >= 15 is 0 Å². The molecular weight excluding hydrogens is 344 g/mol. The molecule has 1 fully saturated rings. The number of hydrogen-bond acceptors (Lipinski definition) is 4. The highest BCUT2D eigenvalue weighted by molar-refractivity contribution is 6.04. The summed E-state index contributed by atoms with van der Waals surface area (Å²) in [5.41, 5.74) is 0.0893. The average Bonchev–Trinajstić information content (AvgIpc) is 3.05. The molecule has 0 radical (unpaired) electrons. The summed E-state index contributed by atoms with van der Waals surface area (Å²) in [6, 6.07) is 7.07. The number of amides is 2. The zero-order chi connectivity index (χ0) is 19.4. The van der Waals surface area contributed by atoms with Crippen molar-refractivity contribution < 1.29 is 9.59 Å². The molecule has 0 bridgehead atoms. The monoisotopic (exact) mass is 370 g/mol. The minimum atomic E-state index is -0.295. The molecule has 1 aromatic carbocycles. The topological polar surface area (TPSA) is 84.3 Å². The first-order chi connectivity index (χ1) is 13.0. The molecule has 0 saturated carbocycles. The lowest BCUT2D eigenvalue weighted by atomic mass is 10.1. The lowest BCUT2D eigenvalue weighted by Gasteiger charge is -2.15. The van der Waals surface area contributed by atoms with Crippen LogP contribution < -0.4 is 10.9 Å². The number of nitrogens with zero attached hydrogens (tertiary/aromatic N) is 3. The number of likely N-dealkylation sites (tertiary alicyclic amines) is 1. The van der Waals surface area contributed by atoms with Crippen LogP contribution in [0.2, 0.25) is 0 Å². The summed E-state index contributed by atoms with van der Waals surface area (Å²) in [6.45, 7) is 6.38. The second kappa shape index (κ2) is 8.33. The largest absolute Gasteiger partial charge is 0.351 e. The van der Waals surface area contributed by atoms with Gasteiger partial charge in [0.05, 0.1) is 5.39 Å². The van der Waals surface area contributed by atoms with E-state index in [2.05, 4.69) is 10.4 Å². The molecule has 144 valence electrons. The summed E-state index contributed by atoms with van der Waals surface area (Å²) in [5.74, 6) is 0.136. The molecule has 1 saturated heterocycles. The van der Waals surface area contributed by atoms with Crippen LogP contribution in [0, 0.1) is 5.92 Å². The van der Waals surface area contributed by atoms with Crippen LogP contribution in [0.15, 0.2) is 29.1 Å². The molecular formula is C20H26N4O3. The summed E-state index contributed by atoms with van der Waals surface area (Å²) in [5, 5.41) is 8.28. The van der Waals surface area contributed by atoms with Crippen LogP contribution >= 0.6 is 0 Å². The molecule has 1 aliphatic heterocycles. The maximum atomic E-state index is 12.7. The van der Waals surface area contributed by atoms with Gasteiger partial charge in [-0.1, -0.05) is 32.0 Å². The van der Waals surface area contributed by atoms with Gasteiger partial charge in [0.25, 0.3) is 11.5 Å². The maximum absolute atomic E-state index is 12.7. The highest BCUT2D eigenvalue weighted by atomic mass is 16.2. The molecule has 0 atom stereocenters. The van der Waals surface area contributed by atoms with Gasteiger partial charge in [-0.15, -0.1) is 0 Å². The zero-order valence-electron chi connectivity index (χ0n) is 15.9. The number of carbonyl (C=O) groups excluding carboxylic acids is 2. The third kappa shape index (κ3) is 4.35. The van der Waals surface area contributed by atoms with Crippen molar-refractivity contribution in [2.24, 2.45) is 5.92 Å². The van der Waals surface area contributed by atoms with Crippen LogP contribution in [0.3, 0.4) is 0 Å². The normalized spacial score (nSPS) is 14.3. The molecule has 7 heteroatoms. The van der Waals surface area contributed by atoms with Crippen LogP contribution in [-0.2, 0) is 11.3 Å². The van der Waals surface area contributed by atoms with Crippen LogP contribution in [0.25, 0.3) is 10.8 Å². The van der Waals surface area contributed by atoms with Crippen molar-refractivity contribution in [2.75, 3.05) is 19.6 Å². The van der Waals surface area contributed by atoms with Gasteiger partial charge in [-0.2, -0.15) is 5.10 Å². The molecule has 27 heavy (non-hydrogen) atoms. The van der Waals surface area contributed by atoms with E-state index in [0.717, 1.165) is 13.0 Å². The van der Waals surface area contributed by atoms with Crippen LogP contribution in [0.4, 0.5) is 0 Å². The number of benzene rings is 1. The minimum absolute atomic E-state index is 0.177. The van der Waals surface area contributed by atoms with Gasteiger partial charge in [0.2, 0.25) is 5.91 Å². The Balaban J connectivity index is 1.74. The molecule has 1 aromatic heterocycles. The van der Waals surface area contributed by atoms with Gasteiger partial charge in [-0.25, -0.2) is 4.68 Å². The van der Waals surface area contributed by atoms with Crippen LogP contribution in [0.1, 0.15) is 43.6 Å². The van der Waals surface area contributed by atoms with E-state index in [9.17, 15) is 14.4 Å². The first-order valence-electron chi connectivity index (χ1n) is 9.53. The number of aromatic nitrogens is 2. The Bertz CT molecular complexity index is 904. The van der Waals surface area contributed by atoms with E-state index in [0.29, 0.717) is 43.2 Å². The van der Waals surface area contributed by atoms with Crippen LogP contribution in [0.5, 0.6) is 0 Å². The Morgan fingerprint density at radius 2 is 1.96 bits per heavy atom. The van der Waals surface area contributed by atoms with E-state index in [4.69, 9.17) is 0 Å². The van der Waals surface area contributed by atoms with Crippen molar-refractivity contribution in [3.05, 3.63) is 40.3 Å². The van der Waals surface area contributed by atoms with Gasteiger partial charge in [0, 0.05) is 38.0 Å². The molecule has 2 aromatic rings. The molecule has 0 unspecified atom stereocenters. The quantitative estimate of drug-likeness (QED) is 0.753. The molecule has 7 nitrogen and oxygen atoms in total. The van der Waals surface area contributed by atoms with E-state index in [1.54, 1.807) is 24.3 Å². The number of nitrogens with one attached hydrogen (secondary N) is 1. The third-order valence-corrected chi connectivity index (χ3v) is 4.68. The summed E-state index contributed by atoms with van der Waals surface area (Å²) in [4.78, 5) is 38.8. The van der Waals surface area contributed by atoms with E-state index in [1.165, 1.54) is 4.68 Å². The number of rotatable bonds is 7. The Morgan fingerprint density at radius 3 is 2.63 bits per heavy atom. The van der Waals surface area contributed by atoms with Crippen molar-refractivity contribution >= 4 is 22.6 Å². The lowest BCUT2D eigenvalue weighted by Crippen LogP contribution is -2.33. The summed E-state index contributed by atoms with van der Waals surface area (Å²) >= 11 is 0. The Hall–Kier alpha value is -2.70. The van der Waals surface area contributed by atoms with Gasteiger partial charge in [-0.05, 0) is 24.8 Å². The van der Waals surface area contributed by atoms with E-state index in [1.807, 2.05) is 18.7 Å². The molecule has 2 heterocycles. The predicted octanol–water partition coefficient (Wildman–Crippen LogP) is 1.79.